The van der Waals surface area contributed by atoms with Crippen molar-refractivity contribution < 1.29 is 0 Å². The van der Waals surface area contributed by atoms with Gasteiger partial charge in [0.15, 0.2) is 0 Å². The van der Waals surface area contributed by atoms with Crippen molar-refractivity contribution in [1.29, 1.82) is 0 Å². The summed E-state index contributed by atoms with van der Waals surface area (Å²) in [6.07, 6.45) is 8.63. The summed E-state index contributed by atoms with van der Waals surface area (Å²) < 4.78 is 0. The van der Waals surface area contributed by atoms with Crippen LogP contribution in [0.1, 0.15) is 52.4 Å². The quantitative estimate of drug-likeness (QED) is 0.772. The normalized spacial score (nSPS) is 30.0. The van der Waals surface area contributed by atoms with E-state index in [0.717, 1.165) is 18.0 Å². The van der Waals surface area contributed by atoms with Gasteiger partial charge >= 0.3 is 0 Å². The van der Waals surface area contributed by atoms with Gasteiger partial charge in [0.2, 0.25) is 0 Å². The summed E-state index contributed by atoms with van der Waals surface area (Å²) in [6.45, 7) is 8.44. The molecule has 0 aromatic rings. The summed E-state index contributed by atoms with van der Waals surface area (Å²) in [5, 5.41) is 3.79. The Morgan fingerprint density at radius 1 is 1.19 bits per heavy atom. The van der Waals surface area contributed by atoms with Crippen LogP contribution in [0.5, 0.6) is 0 Å². The molecule has 0 bridgehead atoms. The highest BCUT2D eigenvalue weighted by molar-refractivity contribution is 4.83. The maximum atomic E-state index is 3.79. The molecule has 2 atom stereocenters. The van der Waals surface area contributed by atoms with Crippen molar-refractivity contribution in [2.24, 2.45) is 5.92 Å². The second-order valence-electron chi connectivity index (χ2n) is 5.67. The fourth-order valence-electron chi connectivity index (χ4n) is 3.49. The van der Waals surface area contributed by atoms with E-state index in [1.165, 1.54) is 58.2 Å². The molecule has 1 N–H and O–H groups in total. The van der Waals surface area contributed by atoms with Gasteiger partial charge in [0.1, 0.15) is 0 Å². The molecular weight excluding hydrogens is 196 g/mol. The molecule has 1 aliphatic heterocycles. The van der Waals surface area contributed by atoms with Gasteiger partial charge in [0.05, 0.1) is 0 Å². The molecule has 0 amide bonds. The molecule has 0 radical (unpaired) electrons. The Morgan fingerprint density at radius 3 is 2.62 bits per heavy atom. The minimum absolute atomic E-state index is 0.738. The molecule has 0 aromatic heterocycles. The highest BCUT2D eigenvalue weighted by atomic mass is 15.2. The largest absolute Gasteiger partial charge is 0.312 e. The smallest absolute Gasteiger partial charge is 0.0221 e. The molecule has 94 valence electrons. The molecule has 2 fully saturated rings. The maximum Gasteiger partial charge on any atom is 0.0221 e. The zero-order valence-corrected chi connectivity index (χ0v) is 11.0. The first-order valence-electron chi connectivity index (χ1n) is 7.28. The lowest BCUT2D eigenvalue weighted by Crippen LogP contribution is -2.42. The summed E-state index contributed by atoms with van der Waals surface area (Å²) >= 11 is 0. The number of likely N-dealkylation sites (N-methyl/N-ethyl adjacent to an activating group) is 1. The van der Waals surface area contributed by atoms with Crippen LogP contribution < -0.4 is 5.32 Å². The second kappa shape index (κ2) is 6.02. The van der Waals surface area contributed by atoms with Gasteiger partial charge in [-0.05, 0) is 51.6 Å². The van der Waals surface area contributed by atoms with Crippen LogP contribution >= 0.6 is 0 Å². The molecule has 0 spiro atoms. The number of rotatable bonds is 5. The van der Waals surface area contributed by atoms with Gasteiger partial charge in [-0.15, -0.1) is 0 Å². The van der Waals surface area contributed by atoms with Crippen molar-refractivity contribution >= 4 is 0 Å². The molecule has 0 aromatic carbocycles. The van der Waals surface area contributed by atoms with Gasteiger partial charge in [-0.1, -0.05) is 19.8 Å². The molecule has 1 saturated heterocycles. The van der Waals surface area contributed by atoms with E-state index in [4.69, 9.17) is 0 Å². The van der Waals surface area contributed by atoms with Crippen molar-refractivity contribution in [2.45, 2.75) is 64.5 Å². The van der Waals surface area contributed by atoms with E-state index in [0.29, 0.717) is 0 Å². The molecule has 2 rings (SSSR count). The fourth-order valence-corrected chi connectivity index (χ4v) is 3.49. The molecule has 16 heavy (non-hydrogen) atoms. The Balaban J connectivity index is 1.69. The lowest BCUT2D eigenvalue weighted by atomic mass is 9.99. The Hall–Kier alpha value is -0.0800. The first-order valence-corrected chi connectivity index (χ1v) is 7.28. The molecule has 1 heterocycles. The number of nitrogens with zero attached hydrogens (tertiary/aromatic N) is 1. The Kier molecular flexibility index (Phi) is 4.66. The molecular formula is C14H28N2. The molecule has 2 aliphatic rings. The van der Waals surface area contributed by atoms with Crippen molar-refractivity contribution in [3.05, 3.63) is 0 Å². The minimum Gasteiger partial charge on any atom is -0.312 e. The van der Waals surface area contributed by atoms with Gasteiger partial charge in [0.25, 0.3) is 0 Å². The molecule has 2 unspecified atom stereocenters. The van der Waals surface area contributed by atoms with Crippen LogP contribution in [0.4, 0.5) is 0 Å². The summed E-state index contributed by atoms with van der Waals surface area (Å²) in [5.41, 5.74) is 0. The molecule has 1 saturated carbocycles. The number of nitrogens with one attached hydrogen (secondary N) is 1. The second-order valence-corrected chi connectivity index (χ2v) is 5.67. The van der Waals surface area contributed by atoms with Gasteiger partial charge < -0.3 is 5.32 Å². The van der Waals surface area contributed by atoms with Crippen LogP contribution in [0, 0.1) is 5.92 Å². The van der Waals surface area contributed by atoms with Crippen molar-refractivity contribution in [1.82, 2.24) is 10.2 Å². The summed E-state index contributed by atoms with van der Waals surface area (Å²) in [7, 11) is 0. The van der Waals surface area contributed by atoms with Crippen LogP contribution in [0.2, 0.25) is 0 Å². The van der Waals surface area contributed by atoms with Gasteiger partial charge in [-0.2, -0.15) is 0 Å². The Labute approximate surface area is 101 Å². The average molecular weight is 224 g/mol. The number of hydrogen-bond acceptors (Lipinski definition) is 2. The third-order valence-electron chi connectivity index (χ3n) is 4.69. The van der Waals surface area contributed by atoms with Crippen LogP contribution in [0.15, 0.2) is 0 Å². The summed E-state index contributed by atoms with van der Waals surface area (Å²) in [4.78, 5) is 2.63. The molecule has 1 aliphatic carbocycles. The highest BCUT2D eigenvalue weighted by Gasteiger charge is 2.25. The number of hydrogen-bond donors (Lipinski definition) is 1. The van der Waals surface area contributed by atoms with Crippen LogP contribution in [-0.4, -0.2) is 36.6 Å². The van der Waals surface area contributed by atoms with E-state index in [-0.39, 0.29) is 0 Å². The maximum absolute atomic E-state index is 3.79. The van der Waals surface area contributed by atoms with E-state index in [2.05, 4.69) is 24.1 Å². The monoisotopic (exact) mass is 224 g/mol. The zero-order valence-electron chi connectivity index (χ0n) is 11.0. The van der Waals surface area contributed by atoms with E-state index in [1.54, 1.807) is 0 Å². The van der Waals surface area contributed by atoms with Gasteiger partial charge in [-0.25, -0.2) is 0 Å². The van der Waals surface area contributed by atoms with Crippen molar-refractivity contribution in [3.63, 3.8) is 0 Å². The SMILES string of the molecule is CCN1CCCC1CNC(C)C1CCCC1. The van der Waals surface area contributed by atoms with Crippen molar-refractivity contribution in [3.8, 4) is 0 Å². The third-order valence-corrected chi connectivity index (χ3v) is 4.69. The van der Waals surface area contributed by atoms with Crippen LogP contribution in [-0.2, 0) is 0 Å². The summed E-state index contributed by atoms with van der Waals surface area (Å²) in [5.74, 6) is 0.955. The lowest BCUT2D eigenvalue weighted by molar-refractivity contribution is 0.245. The highest BCUT2D eigenvalue weighted by Crippen LogP contribution is 2.27. The van der Waals surface area contributed by atoms with E-state index in [9.17, 15) is 0 Å². The first-order chi connectivity index (χ1) is 7.81. The minimum atomic E-state index is 0.738. The summed E-state index contributed by atoms with van der Waals surface area (Å²) in [6, 6.07) is 1.55. The third kappa shape index (κ3) is 2.98. The molecule has 2 heteroatoms. The number of likely N-dealkylation sites (tertiary alicyclic amines) is 1. The topological polar surface area (TPSA) is 15.3 Å². The van der Waals surface area contributed by atoms with Crippen molar-refractivity contribution in [2.75, 3.05) is 19.6 Å². The van der Waals surface area contributed by atoms with Gasteiger partial charge in [-0.3, -0.25) is 4.90 Å². The predicted octanol–water partition coefficient (Wildman–Crippen LogP) is 2.64. The van der Waals surface area contributed by atoms with E-state index >= 15 is 0 Å². The first kappa shape index (κ1) is 12.4. The fraction of sp³-hybridized carbons (Fsp3) is 1.00. The standard InChI is InChI=1S/C14H28N2/c1-3-16-10-6-9-14(16)11-15-12(2)13-7-4-5-8-13/h12-15H,3-11H2,1-2H3. The molecule has 2 nitrogen and oxygen atoms in total. The predicted molar refractivity (Wildman–Crippen MR) is 69.7 cm³/mol. The lowest BCUT2D eigenvalue weighted by Gasteiger charge is -2.27. The Morgan fingerprint density at radius 2 is 1.94 bits per heavy atom. The zero-order chi connectivity index (χ0) is 11.4. The van der Waals surface area contributed by atoms with Crippen LogP contribution in [0.3, 0.4) is 0 Å². The van der Waals surface area contributed by atoms with E-state index in [1.807, 2.05) is 0 Å². The van der Waals surface area contributed by atoms with Gasteiger partial charge in [0, 0.05) is 18.6 Å². The van der Waals surface area contributed by atoms with E-state index < -0.39 is 0 Å². The van der Waals surface area contributed by atoms with Crippen LogP contribution in [0.25, 0.3) is 0 Å². The average Bonchev–Trinajstić information content (AvgIpc) is 2.96. The Bertz CT molecular complexity index is 199.